The van der Waals surface area contributed by atoms with Crippen molar-refractivity contribution in [1.82, 2.24) is 20.4 Å². The maximum absolute atomic E-state index is 12.8. The Morgan fingerprint density at radius 2 is 2.00 bits per heavy atom. The van der Waals surface area contributed by atoms with Crippen molar-refractivity contribution in [3.05, 3.63) is 79.9 Å². The lowest BCUT2D eigenvalue weighted by molar-refractivity contribution is 0.0696. The second kappa shape index (κ2) is 9.33. The summed E-state index contributed by atoms with van der Waals surface area (Å²) in [5.74, 6) is -0.669. The number of hydrogen-bond donors (Lipinski definition) is 3. The van der Waals surface area contributed by atoms with E-state index in [9.17, 15) is 14.4 Å². The fourth-order valence-electron chi connectivity index (χ4n) is 3.71. The number of likely N-dealkylation sites (N-methyl/N-ethyl adjacent to an activating group) is 1. The van der Waals surface area contributed by atoms with E-state index in [1.54, 1.807) is 42.5 Å². The number of hydrogen-bond acceptors (Lipinski definition) is 7. The summed E-state index contributed by atoms with van der Waals surface area (Å²) in [6, 6.07) is 13.2. The number of carbonyl (C=O) groups excluding carboxylic acids is 1. The molecule has 1 aliphatic heterocycles. The number of rotatable bonds is 7. The topological polar surface area (TPSA) is 125 Å². The SMILES string of the molecule is CN1C[C@H](c2n[nH]c(=O)s2)[C@H](NC(=O)c2ccc(OCc3cccc(C(=O)O)c3)cc2)C1. The molecule has 0 saturated carbocycles. The van der Waals surface area contributed by atoms with E-state index in [-0.39, 0.29) is 34.9 Å². The summed E-state index contributed by atoms with van der Waals surface area (Å²) in [6.07, 6.45) is 0. The Labute approximate surface area is 187 Å². The van der Waals surface area contributed by atoms with Crippen LogP contribution in [0.1, 0.15) is 37.2 Å². The summed E-state index contributed by atoms with van der Waals surface area (Å²) in [6.45, 7) is 1.59. The van der Waals surface area contributed by atoms with Crippen LogP contribution in [0, 0.1) is 0 Å². The van der Waals surface area contributed by atoms with E-state index in [0.29, 0.717) is 29.4 Å². The third-order valence-corrected chi connectivity index (χ3v) is 6.17. The minimum atomic E-state index is -0.987. The summed E-state index contributed by atoms with van der Waals surface area (Å²) >= 11 is 1.07. The molecule has 166 valence electrons. The second-order valence-electron chi connectivity index (χ2n) is 7.68. The Hall–Kier alpha value is -3.50. The standard InChI is InChI=1S/C22H22N4O5S/c1-26-10-17(20-24-25-22(30)32-20)18(11-26)23-19(27)14-5-7-16(8-6-14)31-12-13-3-2-4-15(9-13)21(28)29/h2-9,17-18H,10-12H2,1H3,(H,23,27)(H,25,30)(H,28,29)/t17-,18+/m0/s1. The Bertz CT molecular complexity index is 1170. The molecule has 3 N–H and O–H groups in total. The molecule has 1 saturated heterocycles. The van der Waals surface area contributed by atoms with Crippen LogP contribution in [0.4, 0.5) is 0 Å². The monoisotopic (exact) mass is 454 g/mol. The number of ether oxygens (including phenoxy) is 1. The predicted octanol–water partition coefficient (Wildman–Crippen LogP) is 1.94. The molecule has 2 aromatic carbocycles. The molecule has 1 aromatic heterocycles. The van der Waals surface area contributed by atoms with Crippen molar-refractivity contribution in [1.29, 1.82) is 0 Å². The van der Waals surface area contributed by atoms with Crippen molar-refractivity contribution >= 4 is 23.2 Å². The Morgan fingerprint density at radius 3 is 2.69 bits per heavy atom. The predicted molar refractivity (Wildman–Crippen MR) is 118 cm³/mol. The molecule has 4 rings (SSSR count). The van der Waals surface area contributed by atoms with Crippen LogP contribution in [-0.2, 0) is 6.61 Å². The van der Waals surface area contributed by atoms with Gasteiger partial charge in [-0.15, -0.1) is 0 Å². The van der Waals surface area contributed by atoms with Crippen LogP contribution in [0.25, 0.3) is 0 Å². The van der Waals surface area contributed by atoms with Crippen molar-refractivity contribution in [3.63, 3.8) is 0 Å². The van der Waals surface area contributed by atoms with Gasteiger partial charge in [-0.3, -0.25) is 9.59 Å². The first-order chi connectivity index (χ1) is 15.4. The van der Waals surface area contributed by atoms with Crippen molar-refractivity contribution in [2.24, 2.45) is 0 Å². The Kier molecular flexibility index (Phi) is 6.33. The minimum absolute atomic E-state index is 0.0444. The molecule has 32 heavy (non-hydrogen) atoms. The Balaban J connectivity index is 1.37. The highest BCUT2D eigenvalue weighted by Crippen LogP contribution is 2.27. The molecule has 0 aliphatic carbocycles. The quantitative estimate of drug-likeness (QED) is 0.498. The molecule has 2 atom stereocenters. The van der Waals surface area contributed by atoms with Gasteiger partial charge in [0.2, 0.25) is 0 Å². The lowest BCUT2D eigenvalue weighted by Gasteiger charge is -2.18. The van der Waals surface area contributed by atoms with Gasteiger partial charge >= 0.3 is 10.8 Å². The number of carboxylic acids is 1. The van der Waals surface area contributed by atoms with E-state index in [2.05, 4.69) is 20.4 Å². The van der Waals surface area contributed by atoms with Crippen LogP contribution in [0.15, 0.2) is 53.3 Å². The molecule has 1 aliphatic rings. The third-order valence-electron chi connectivity index (χ3n) is 5.29. The summed E-state index contributed by atoms with van der Waals surface area (Å²) < 4.78 is 5.71. The largest absolute Gasteiger partial charge is 0.489 e. The highest BCUT2D eigenvalue weighted by molar-refractivity contribution is 7.08. The highest BCUT2D eigenvalue weighted by atomic mass is 32.1. The second-order valence-corrected chi connectivity index (χ2v) is 8.67. The van der Waals surface area contributed by atoms with Gasteiger partial charge in [-0.25, -0.2) is 9.89 Å². The van der Waals surface area contributed by atoms with E-state index in [1.165, 1.54) is 6.07 Å². The Morgan fingerprint density at radius 1 is 1.22 bits per heavy atom. The number of nitrogens with one attached hydrogen (secondary N) is 2. The lowest BCUT2D eigenvalue weighted by Crippen LogP contribution is -2.39. The third kappa shape index (κ3) is 5.04. The molecule has 0 unspecified atom stereocenters. The number of aromatic nitrogens is 2. The number of aromatic carboxylic acids is 1. The molecule has 9 nitrogen and oxygen atoms in total. The maximum atomic E-state index is 12.8. The zero-order valence-electron chi connectivity index (χ0n) is 17.3. The average Bonchev–Trinajstić information content (AvgIpc) is 3.37. The molecular weight excluding hydrogens is 432 g/mol. The number of H-pyrrole nitrogens is 1. The number of aromatic amines is 1. The molecule has 10 heteroatoms. The molecule has 0 bridgehead atoms. The van der Waals surface area contributed by atoms with Crippen molar-refractivity contribution in [2.75, 3.05) is 20.1 Å². The van der Waals surface area contributed by atoms with E-state index in [0.717, 1.165) is 16.9 Å². The van der Waals surface area contributed by atoms with Crippen molar-refractivity contribution in [3.8, 4) is 5.75 Å². The van der Waals surface area contributed by atoms with E-state index in [1.807, 2.05) is 7.05 Å². The van der Waals surface area contributed by atoms with Crippen LogP contribution < -0.4 is 14.9 Å². The summed E-state index contributed by atoms with van der Waals surface area (Å²) in [5, 5.41) is 19.4. The number of amides is 1. The van der Waals surface area contributed by atoms with Crippen LogP contribution in [0.5, 0.6) is 5.75 Å². The molecule has 1 fully saturated rings. The van der Waals surface area contributed by atoms with Gasteiger partial charge in [-0.2, -0.15) is 5.10 Å². The van der Waals surface area contributed by atoms with Gasteiger partial charge in [0.15, 0.2) is 0 Å². The highest BCUT2D eigenvalue weighted by Gasteiger charge is 2.35. The first-order valence-corrected chi connectivity index (χ1v) is 10.8. The van der Waals surface area contributed by atoms with Crippen LogP contribution in [-0.4, -0.2) is 58.3 Å². The average molecular weight is 455 g/mol. The van der Waals surface area contributed by atoms with Crippen LogP contribution >= 0.6 is 11.3 Å². The maximum Gasteiger partial charge on any atom is 0.335 e. The van der Waals surface area contributed by atoms with Crippen LogP contribution in [0.3, 0.4) is 0 Å². The lowest BCUT2D eigenvalue weighted by atomic mass is 10.0. The molecule has 0 spiro atoms. The smallest absolute Gasteiger partial charge is 0.335 e. The first-order valence-electron chi connectivity index (χ1n) is 9.99. The molecule has 2 heterocycles. The molecular formula is C22H22N4O5S. The van der Waals surface area contributed by atoms with E-state index < -0.39 is 5.97 Å². The fourth-order valence-corrected chi connectivity index (χ4v) is 4.47. The van der Waals surface area contributed by atoms with Gasteiger partial charge in [0.25, 0.3) is 5.91 Å². The van der Waals surface area contributed by atoms with E-state index >= 15 is 0 Å². The zero-order valence-corrected chi connectivity index (χ0v) is 18.1. The van der Waals surface area contributed by atoms with Crippen LogP contribution in [0.2, 0.25) is 0 Å². The number of nitrogens with zero attached hydrogens (tertiary/aromatic N) is 2. The first kappa shape index (κ1) is 21.7. The van der Waals surface area contributed by atoms with Gasteiger partial charge < -0.3 is 20.1 Å². The van der Waals surface area contributed by atoms with Crippen molar-refractivity contribution < 1.29 is 19.4 Å². The number of carbonyl (C=O) groups is 2. The summed E-state index contributed by atoms with van der Waals surface area (Å²) in [4.78, 5) is 37.2. The number of benzene rings is 2. The minimum Gasteiger partial charge on any atom is -0.489 e. The molecule has 1 amide bonds. The summed E-state index contributed by atoms with van der Waals surface area (Å²) in [7, 11) is 1.97. The molecule has 3 aromatic rings. The summed E-state index contributed by atoms with van der Waals surface area (Å²) in [5.41, 5.74) is 1.44. The van der Waals surface area contributed by atoms with Gasteiger partial charge in [-0.05, 0) is 49.0 Å². The molecule has 0 radical (unpaired) electrons. The number of likely N-dealkylation sites (tertiary alicyclic amines) is 1. The van der Waals surface area contributed by atoms with Gasteiger partial charge in [0.1, 0.15) is 17.4 Å². The van der Waals surface area contributed by atoms with Gasteiger partial charge in [-0.1, -0.05) is 23.5 Å². The van der Waals surface area contributed by atoms with Gasteiger partial charge in [0.05, 0.1) is 11.6 Å². The van der Waals surface area contributed by atoms with Gasteiger partial charge in [0, 0.05) is 24.6 Å². The van der Waals surface area contributed by atoms with E-state index in [4.69, 9.17) is 9.84 Å². The fraction of sp³-hybridized carbons (Fsp3) is 0.273. The van der Waals surface area contributed by atoms with Crippen molar-refractivity contribution in [2.45, 2.75) is 18.6 Å². The number of carboxylic acid groups (broad SMARTS) is 1. The zero-order chi connectivity index (χ0) is 22.7. The normalized spacial score (nSPS) is 18.4.